The molecule has 0 heterocycles. The van der Waals surface area contributed by atoms with Crippen LogP contribution >= 0.6 is 12.4 Å². The van der Waals surface area contributed by atoms with Crippen LogP contribution < -0.4 is 0 Å². The van der Waals surface area contributed by atoms with Crippen LogP contribution in [-0.4, -0.2) is 48.9 Å². The predicted octanol–water partition coefficient (Wildman–Crippen LogP) is 2.45. The van der Waals surface area contributed by atoms with Gasteiger partial charge in [0, 0.05) is 13.6 Å². The Morgan fingerprint density at radius 1 is 1.11 bits per heavy atom. The van der Waals surface area contributed by atoms with Crippen LogP contribution in [0.5, 0.6) is 0 Å². The summed E-state index contributed by atoms with van der Waals surface area (Å²) in [7, 11) is 1.88. The molecule has 0 saturated carbocycles. The summed E-state index contributed by atoms with van der Waals surface area (Å²) in [5.74, 6) is 0.203. The van der Waals surface area contributed by atoms with Crippen LogP contribution in [0.25, 0.3) is 0 Å². The Labute approximate surface area is 123 Å². The van der Waals surface area contributed by atoms with E-state index in [2.05, 4.69) is 30.9 Å². The maximum absolute atomic E-state index is 12.0. The van der Waals surface area contributed by atoms with E-state index in [1.165, 1.54) is 5.56 Å². The van der Waals surface area contributed by atoms with Crippen LogP contribution in [0, 0.1) is 0 Å². The van der Waals surface area contributed by atoms with E-state index in [4.69, 9.17) is 0 Å². The molecule has 0 N–H and O–H groups in total. The fourth-order valence-electron chi connectivity index (χ4n) is 1.83. The van der Waals surface area contributed by atoms with Gasteiger partial charge in [-0.25, -0.2) is 0 Å². The highest BCUT2D eigenvalue weighted by Crippen LogP contribution is 2.01. The molecule has 0 saturated heterocycles. The van der Waals surface area contributed by atoms with Gasteiger partial charge in [0.1, 0.15) is 0 Å². The van der Waals surface area contributed by atoms with Gasteiger partial charge in [0.15, 0.2) is 0 Å². The molecule has 0 bridgehead atoms. The average molecular weight is 285 g/mol. The zero-order chi connectivity index (χ0) is 13.4. The van der Waals surface area contributed by atoms with Gasteiger partial charge in [-0.05, 0) is 25.1 Å². The molecule has 19 heavy (non-hydrogen) atoms. The smallest absolute Gasteiger partial charge is 0.236 e. The van der Waals surface area contributed by atoms with Crippen LogP contribution in [0.2, 0.25) is 0 Å². The minimum atomic E-state index is 0. The molecule has 0 radical (unpaired) electrons. The number of likely N-dealkylation sites (N-methyl/N-ethyl adjacent to an activating group) is 2. The molecule has 0 unspecified atom stereocenters. The van der Waals surface area contributed by atoms with Crippen molar-refractivity contribution in [2.45, 2.75) is 20.3 Å². The monoisotopic (exact) mass is 284 g/mol. The lowest BCUT2D eigenvalue weighted by Gasteiger charge is -2.22. The van der Waals surface area contributed by atoms with Crippen LogP contribution in [0.3, 0.4) is 0 Å². The van der Waals surface area contributed by atoms with Crippen LogP contribution in [0.4, 0.5) is 0 Å². The summed E-state index contributed by atoms with van der Waals surface area (Å²) in [4.78, 5) is 15.9. The van der Waals surface area contributed by atoms with E-state index in [1.54, 1.807) is 0 Å². The summed E-state index contributed by atoms with van der Waals surface area (Å²) in [6, 6.07) is 10.3. The highest BCUT2D eigenvalue weighted by molar-refractivity contribution is 5.85. The van der Waals surface area contributed by atoms with E-state index in [0.29, 0.717) is 6.54 Å². The van der Waals surface area contributed by atoms with Gasteiger partial charge < -0.3 is 4.90 Å². The highest BCUT2D eigenvalue weighted by atomic mass is 35.5. The van der Waals surface area contributed by atoms with E-state index < -0.39 is 0 Å². The molecule has 0 atom stereocenters. The Morgan fingerprint density at radius 2 is 1.68 bits per heavy atom. The molecule has 3 nitrogen and oxygen atoms in total. The molecule has 0 aromatic heterocycles. The van der Waals surface area contributed by atoms with E-state index in [0.717, 1.165) is 26.1 Å². The fraction of sp³-hybridized carbons (Fsp3) is 0.533. The average Bonchev–Trinajstić information content (AvgIpc) is 2.42. The number of carbonyl (C=O) groups is 1. The highest BCUT2D eigenvalue weighted by Gasteiger charge is 2.11. The molecule has 1 amide bonds. The Morgan fingerprint density at radius 3 is 2.21 bits per heavy atom. The standard InChI is InChI=1S/C15H24N2O.ClH/c1-4-17(5-2)13-15(18)16(3)12-11-14-9-7-6-8-10-14;/h6-10H,4-5,11-13H2,1-3H3;1H. The first-order valence-corrected chi connectivity index (χ1v) is 6.67. The van der Waals surface area contributed by atoms with Crippen molar-refractivity contribution >= 4 is 18.3 Å². The first kappa shape index (κ1) is 17.9. The second-order valence-corrected chi connectivity index (χ2v) is 4.51. The number of carbonyl (C=O) groups excluding carboxylic acids is 1. The summed E-state index contributed by atoms with van der Waals surface area (Å²) < 4.78 is 0. The van der Waals surface area contributed by atoms with E-state index >= 15 is 0 Å². The lowest BCUT2D eigenvalue weighted by molar-refractivity contribution is -0.131. The Hall–Kier alpha value is -1.06. The molecule has 1 rings (SSSR count). The molecule has 108 valence electrons. The van der Waals surface area contributed by atoms with Gasteiger partial charge in [-0.2, -0.15) is 0 Å². The second-order valence-electron chi connectivity index (χ2n) is 4.51. The van der Waals surface area contributed by atoms with Crippen molar-refractivity contribution in [2.75, 3.05) is 33.2 Å². The first-order valence-electron chi connectivity index (χ1n) is 6.67. The van der Waals surface area contributed by atoms with Crippen LogP contribution in [0.15, 0.2) is 30.3 Å². The lowest BCUT2D eigenvalue weighted by atomic mass is 10.1. The fourth-order valence-corrected chi connectivity index (χ4v) is 1.83. The number of hydrogen-bond acceptors (Lipinski definition) is 2. The van der Waals surface area contributed by atoms with E-state index in [-0.39, 0.29) is 18.3 Å². The Bertz CT molecular complexity index is 352. The van der Waals surface area contributed by atoms with Gasteiger partial charge in [-0.15, -0.1) is 12.4 Å². The summed E-state index contributed by atoms with van der Waals surface area (Å²) >= 11 is 0. The largest absolute Gasteiger partial charge is 0.344 e. The van der Waals surface area contributed by atoms with E-state index in [1.807, 2.05) is 30.1 Å². The zero-order valence-corrected chi connectivity index (χ0v) is 12.9. The van der Waals surface area contributed by atoms with Crippen molar-refractivity contribution in [3.63, 3.8) is 0 Å². The zero-order valence-electron chi connectivity index (χ0n) is 12.1. The van der Waals surface area contributed by atoms with Gasteiger partial charge in [0.25, 0.3) is 0 Å². The van der Waals surface area contributed by atoms with Crippen molar-refractivity contribution in [3.8, 4) is 0 Å². The van der Waals surface area contributed by atoms with E-state index in [9.17, 15) is 4.79 Å². The van der Waals surface area contributed by atoms with Crippen LogP contribution in [0.1, 0.15) is 19.4 Å². The minimum Gasteiger partial charge on any atom is -0.344 e. The predicted molar refractivity (Wildman–Crippen MR) is 82.8 cm³/mol. The Balaban J connectivity index is 0.00000324. The Kier molecular flexibility index (Phi) is 9.27. The molecule has 1 aromatic carbocycles. The van der Waals surface area contributed by atoms with Gasteiger partial charge in [0.05, 0.1) is 6.54 Å². The quantitative estimate of drug-likeness (QED) is 0.768. The number of amides is 1. The number of hydrogen-bond donors (Lipinski definition) is 0. The summed E-state index contributed by atoms with van der Waals surface area (Å²) in [6.45, 7) is 7.33. The molecule has 0 aliphatic carbocycles. The third-order valence-electron chi connectivity index (χ3n) is 3.26. The molecule has 0 aliphatic heterocycles. The minimum absolute atomic E-state index is 0. The third kappa shape index (κ3) is 6.60. The topological polar surface area (TPSA) is 23.6 Å². The van der Waals surface area contributed by atoms with Gasteiger partial charge in [-0.1, -0.05) is 44.2 Å². The molecule has 0 aliphatic rings. The van der Waals surface area contributed by atoms with Crippen molar-refractivity contribution < 1.29 is 4.79 Å². The van der Waals surface area contributed by atoms with Crippen molar-refractivity contribution in [1.29, 1.82) is 0 Å². The van der Waals surface area contributed by atoms with Gasteiger partial charge in [-0.3, -0.25) is 9.69 Å². The van der Waals surface area contributed by atoms with Gasteiger partial charge in [0.2, 0.25) is 5.91 Å². The first-order chi connectivity index (χ1) is 8.67. The van der Waals surface area contributed by atoms with Crippen molar-refractivity contribution in [2.24, 2.45) is 0 Å². The summed E-state index contributed by atoms with van der Waals surface area (Å²) in [6.07, 6.45) is 0.918. The number of halogens is 1. The van der Waals surface area contributed by atoms with Crippen LogP contribution in [-0.2, 0) is 11.2 Å². The molecule has 1 aromatic rings. The van der Waals surface area contributed by atoms with Crippen molar-refractivity contribution in [3.05, 3.63) is 35.9 Å². The number of benzene rings is 1. The molecular weight excluding hydrogens is 260 g/mol. The normalized spacial score (nSPS) is 10.1. The van der Waals surface area contributed by atoms with Crippen molar-refractivity contribution in [1.82, 2.24) is 9.80 Å². The number of nitrogens with zero attached hydrogens (tertiary/aromatic N) is 2. The lowest BCUT2D eigenvalue weighted by Crippen LogP contribution is -2.39. The molecule has 4 heteroatoms. The third-order valence-corrected chi connectivity index (χ3v) is 3.26. The SMILES string of the molecule is CCN(CC)CC(=O)N(C)CCc1ccccc1.Cl. The molecule has 0 fully saturated rings. The van der Waals surface area contributed by atoms with Gasteiger partial charge >= 0.3 is 0 Å². The summed E-state index contributed by atoms with van der Waals surface area (Å²) in [5, 5.41) is 0. The number of rotatable bonds is 7. The second kappa shape index (κ2) is 9.82. The molecular formula is C15H25ClN2O. The maximum Gasteiger partial charge on any atom is 0.236 e. The molecule has 0 spiro atoms. The summed E-state index contributed by atoms with van der Waals surface area (Å²) in [5.41, 5.74) is 1.28. The maximum atomic E-state index is 12.0.